The minimum atomic E-state index is -1.04. The maximum Gasteiger partial charge on any atom is 0.330 e. The number of allylic oxidation sites excluding steroid dienone is 2. The van der Waals surface area contributed by atoms with E-state index in [2.05, 4.69) is 5.32 Å². The molecule has 1 aromatic carbocycles. The topological polar surface area (TPSA) is 66.4 Å². The third kappa shape index (κ3) is 2.77. The molecule has 94 valence electrons. The van der Waals surface area contributed by atoms with Gasteiger partial charge in [-0.3, -0.25) is 4.79 Å². The van der Waals surface area contributed by atoms with Gasteiger partial charge in [-0.05, 0) is 18.4 Å². The maximum absolute atomic E-state index is 11.9. The summed E-state index contributed by atoms with van der Waals surface area (Å²) < 4.78 is 0. The largest absolute Gasteiger partial charge is 0.479 e. The molecule has 0 spiro atoms. The number of hydrogen-bond donors (Lipinski definition) is 2. The molecular formula is C14H15NO3. The van der Waals surface area contributed by atoms with E-state index in [0.29, 0.717) is 18.4 Å². The average Bonchev–Trinajstić information content (AvgIpc) is 2.90. The smallest absolute Gasteiger partial charge is 0.330 e. The van der Waals surface area contributed by atoms with Crippen LogP contribution in [-0.2, 0) is 9.59 Å². The summed E-state index contributed by atoms with van der Waals surface area (Å²) in [5, 5.41) is 11.8. The highest BCUT2D eigenvalue weighted by atomic mass is 16.4. The van der Waals surface area contributed by atoms with Crippen molar-refractivity contribution in [2.75, 3.05) is 0 Å². The second kappa shape index (κ2) is 5.49. The predicted octanol–water partition coefficient (Wildman–Crippen LogP) is 1.89. The molecule has 0 bridgehead atoms. The van der Waals surface area contributed by atoms with Gasteiger partial charge in [-0.1, -0.05) is 42.5 Å². The van der Waals surface area contributed by atoms with E-state index in [0.717, 1.165) is 0 Å². The number of rotatable bonds is 4. The van der Waals surface area contributed by atoms with E-state index < -0.39 is 12.0 Å². The van der Waals surface area contributed by atoms with Crippen LogP contribution in [0.2, 0.25) is 0 Å². The first kappa shape index (κ1) is 12.4. The molecule has 1 unspecified atom stereocenters. The van der Waals surface area contributed by atoms with Crippen LogP contribution in [0.3, 0.4) is 0 Å². The van der Waals surface area contributed by atoms with Crippen molar-refractivity contribution < 1.29 is 14.7 Å². The van der Waals surface area contributed by atoms with Gasteiger partial charge >= 0.3 is 5.97 Å². The highest BCUT2D eigenvalue weighted by Crippen LogP contribution is 2.20. The quantitative estimate of drug-likeness (QED) is 0.796. The lowest BCUT2D eigenvalue weighted by Gasteiger charge is -2.17. The Morgan fingerprint density at radius 1 is 1.17 bits per heavy atom. The fraction of sp³-hybridized carbons (Fsp3) is 0.286. The molecule has 4 nitrogen and oxygen atoms in total. The summed E-state index contributed by atoms with van der Waals surface area (Å²) in [5.74, 6) is -1.37. The van der Waals surface area contributed by atoms with Gasteiger partial charge in [0, 0.05) is 5.92 Å². The third-order valence-corrected chi connectivity index (χ3v) is 3.05. The SMILES string of the molecule is O=C(NC(C(=O)O)c1ccccc1)C1CC=CC1. The van der Waals surface area contributed by atoms with E-state index in [1.54, 1.807) is 24.3 Å². The van der Waals surface area contributed by atoms with E-state index in [1.165, 1.54) is 0 Å². The lowest BCUT2D eigenvalue weighted by molar-refractivity contribution is -0.142. The summed E-state index contributed by atoms with van der Waals surface area (Å²) in [6.45, 7) is 0. The van der Waals surface area contributed by atoms with Crippen molar-refractivity contribution in [3.8, 4) is 0 Å². The molecule has 0 heterocycles. The Morgan fingerprint density at radius 2 is 1.78 bits per heavy atom. The van der Waals surface area contributed by atoms with Crippen LogP contribution < -0.4 is 5.32 Å². The number of carboxylic acid groups (broad SMARTS) is 1. The Morgan fingerprint density at radius 3 is 2.33 bits per heavy atom. The highest BCUT2D eigenvalue weighted by Gasteiger charge is 2.26. The van der Waals surface area contributed by atoms with Gasteiger partial charge in [0.25, 0.3) is 0 Å². The van der Waals surface area contributed by atoms with Crippen LogP contribution >= 0.6 is 0 Å². The molecule has 2 rings (SSSR count). The molecule has 0 radical (unpaired) electrons. The first-order valence-electron chi connectivity index (χ1n) is 5.91. The molecule has 1 amide bonds. The predicted molar refractivity (Wildman–Crippen MR) is 66.8 cm³/mol. The summed E-state index contributed by atoms with van der Waals surface area (Å²) in [4.78, 5) is 23.1. The van der Waals surface area contributed by atoms with Gasteiger partial charge in [-0.2, -0.15) is 0 Å². The maximum atomic E-state index is 11.9. The van der Waals surface area contributed by atoms with Crippen LogP contribution in [0.5, 0.6) is 0 Å². The number of aliphatic carboxylic acids is 1. The standard InChI is InChI=1S/C14H15NO3/c16-13(11-8-4-5-9-11)15-12(14(17)18)10-6-2-1-3-7-10/h1-7,11-12H,8-9H2,(H,15,16)(H,17,18). The Labute approximate surface area is 105 Å². The Kier molecular flexibility index (Phi) is 3.77. The van der Waals surface area contributed by atoms with Crippen molar-refractivity contribution in [3.63, 3.8) is 0 Å². The van der Waals surface area contributed by atoms with Crippen LogP contribution in [0, 0.1) is 5.92 Å². The van der Waals surface area contributed by atoms with Crippen molar-refractivity contribution in [2.24, 2.45) is 5.92 Å². The van der Waals surface area contributed by atoms with E-state index >= 15 is 0 Å². The van der Waals surface area contributed by atoms with Crippen LogP contribution in [0.1, 0.15) is 24.4 Å². The van der Waals surface area contributed by atoms with Crippen LogP contribution in [-0.4, -0.2) is 17.0 Å². The lowest BCUT2D eigenvalue weighted by atomic mass is 10.0. The van der Waals surface area contributed by atoms with Gasteiger partial charge in [0.05, 0.1) is 0 Å². The van der Waals surface area contributed by atoms with Gasteiger partial charge in [0.1, 0.15) is 0 Å². The minimum Gasteiger partial charge on any atom is -0.479 e. The Bertz CT molecular complexity index is 459. The normalized spacial score (nSPS) is 16.4. The van der Waals surface area contributed by atoms with Crippen molar-refractivity contribution >= 4 is 11.9 Å². The molecular weight excluding hydrogens is 230 g/mol. The summed E-state index contributed by atoms with van der Waals surface area (Å²) >= 11 is 0. The summed E-state index contributed by atoms with van der Waals surface area (Å²) in [6, 6.07) is 7.76. The van der Waals surface area contributed by atoms with Crippen molar-refractivity contribution in [1.82, 2.24) is 5.32 Å². The molecule has 0 saturated carbocycles. The van der Waals surface area contributed by atoms with Crippen LogP contribution in [0.4, 0.5) is 0 Å². The Hall–Kier alpha value is -2.10. The van der Waals surface area contributed by atoms with Crippen molar-refractivity contribution in [1.29, 1.82) is 0 Å². The molecule has 1 atom stereocenters. The van der Waals surface area contributed by atoms with Crippen LogP contribution in [0.15, 0.2) is 42.5 Å². The average molecular weight is 245 g/mol. The number of benzene rings is 1. The van der Waals surface area contributed by atoms with Crippen LogP contribution in [0.25, 0.3) is 0 Å². The molecule has 4 heteroatoms. The monoisotopic (exact) mass is 245 g/mol. The lowest BCUT2D eigenvalue weighted by Crippen LogP contribution is -2.37. The molecule has 2 N–H and O–H groups in total. The Balaban J connectivity index is 2.07. The molecule has 1 aliphatic rings. The molecule has 1 aliphatic carbocycles. The van der Waals surface area contributed by atoms with E-state index in [9.17, 15) is 14.7 Å². The van der Waals surface area contributed by atoms with Gasteiger partial charge in [0.15, 0.2) is 6.04 Å². The fourth-order valence-corrected chi connectivity index (χ4v) is 2.02. The van der Waals surface area contributed by atoms with E-state index in [-0.39, 0.29) is 11.8 Å². The molecule has 0 saturated heterocycles. The van der Waals surface area contributed by atoms with E-state index in [4.69, 9.17) is 0 Å². The number of nitrogens with one attached hydrogen (secondary N) is 1. The summed E-state index contributed by atoms with van der Waals surface area (Å²) in [6.07, 6.45) is 5.27. The molecule has 0 aromatic heterocycles. The molecule has 18 heavy (non-hydrogen) atoms. The second-order valence-electron chi connectivity index (χ2n) is 4.33. The molecule has 0 fully saturated rings. The third-order valence-electron chi connectivity index (χ3n) is 3.05. The number of carboxylic acids is 1. The summed E-state index contributed by atoms with van der Waals surface area (Å²) in [5.41, 5.74) is 0.587. The number of amides is 1. The highest BCUT2D eigenvalue weighted by molar-refractivity contribution is 5.86. The minimum absolute atomic E-state index is 0.129. The molecule has 0 aliphatic heterocycles. The molecule has 1 aromatic rings. The van der Waals surface area contributed by atoms with Gasteiger partial charge < -0.3 is 10.4 Å². The fourth-order valence-electron chi connectivity index (χ4n) is 2.02. The second-order valence-corrected chi connectivity index (χ2v) is 4.33. The zero-order valence-corrected chi connectivity index (χ0v) is 9.87. The number of hydrogen-bond acceptors (Lipinski definition) is 2. The first-order chi connectivity index (χ1) is 8.68. The van der Waals surface area contributed by atoms with Crippen molar-refractivity contribution in [2.45, 2.75) is 18.9 Å². The number of carbonyl (C=O) groups excluding carboxylic acids is 1. The van der Waals surface area contributed by atoms with Gasteiger partial charge in [0.2, 0.25) is 5.91 Å². The van der Waals surface area contributed by atoms with Gasteiger partial charge in [-0.15, -0.1) is 0 Å². The summed E-state index contributed by atoms with van der Waals surface area (Å²) in [7, 11) is 0. The zero-order chi connectivity index (χ0) is 13.0. The van der Waals surface area contributed by atoms with E-state index in [1.807, 2.05) is 18.2 Å². The first-order valence-corrected chi connectivity index (χ1v) is 5.91. The van der Waals surface area contributed by atoms with Gasteiger partial charge in [-0.25, -0.2) is 4.79 Å². The zero-order valence-electron chi connectivity index (χ0n) is 9.87. The number of carbonyl (C=O) groups is 2. The van der Waals surface area contributed by atoms with Crippen molar-refractivity contribution in [3.05, 3.63) is 48.0 Å².